The minimum absolute atomic E-state index is 0.120. The number of fused-ring (bicyclic) bond motifs is 1. The Balaban J connectivity index is 2.18. The van der Waals surface area contributed by atoms with Crippen LogP contribution in [-0.2, 0) is 0 Å². The van der Waals surface area contributed by atoms with Gasteiger partial charge in [0.25, 0.3) is 0 Å². The van der Waals surface area contributed by atoms with Crippen molar-refractivity contribution < 1.29 is 4.74 Å². The van der Waals surface area contributed by atoms with Crippen molar-refractivity contribution in [3.8, 4) is 5.75 Å². The van der Waals surface area contributed by atoms with Crippen LogP contribution in [-0.4, -0.2) is 21.6 Å². The highest BCUT2D eigenvalue weighted by atomic mass is 32.1. The lowest BCUT2D eigenvalue weighted by atomic mass is 10.2. The number of benzene rings is 1. The molecule has 0 aliphatic carbocycles. The van der Waals surface area contributed by atoms with Gasteiger partial charge >= 0.3 is 0 Å². The summed E-state index contributed by atoms with van der Waals surface area (Å²) < 4.78 is 8.02. The van der Waals surface area contributed by atoms with Crippen molar-refractivity contribution in [3.63, 3.8) is 0 Å². The highest BCUT2D eigenvalue weighted by molar-refractivity contribution is 7.71. The van der Waals surface area contributed by atoms with Crippen LogP contribution in [0.4, 0.5) is 0 Å². The van der Waals surface area contributed by atoms with Crippen molar-refractivity contribution in [1.82, 2.24) is 14.5 Å². The first kappa shape index (κ1) is 12.4. The number of ether oxygens (including phenoxy) is 1. The average Bonchev–Trinajstić information content (AvgIpc) is 3.03. The van der Waals surface area contributed by atoms with Crippen molar-refractivity contribution in [2.75, 3.05) is 7.11 Å². The molecule has 0 saturated carbocycles. The van der Waals surface area contributed by atoms with Gasteiger partial charge in [-0.15, -0.1) is 11.3 Å². The Morgan fingerprint density at radius 1 is 1.47 bits per heavy atom. The number of nitrogens with zero attached hydrogens (tertiary/aromatic N) is 2. The molecule has 2 heterocycles. The molecule has 98 valence electrons. The first-order valence-electron chi connectivity index (χ1n) is 5.88. The molecule has 0 fully saturated rings. The number of methoxy groups -OCH3 is 1. The van der Waals surface area contributed by atoms with E-state index in [4.69, 9.17) is 17.0 Å². The van der Waals surface area contributed by atoms with Crippen LogP contribution in [0.3, 0.4) is 0 Å². The molecule has 3 aromatic rings. The van der Waals surface area contributed by atoms with Crippen molar-refractivity contribution in [1.29, 1.82) is 0 Å². The van der Waals surface area contributed by atoms with Gasteiger partial charge in [0.1, 0.15) is 10.8 Å². The van der Waals surface area contributed by atoms with Crippen molar-refractivity contribution in [2.45, 2.75) is 13.0 Å². The lowest BCUT2D eigenvalue weighted by Crippen LogP contribution is -2.06. The maximum atomic E-state index is 5.43. The SMILES string of the molecule is COc1ccc2c(c1)[nH]c(=S)n2C(C)c1nccs1. The van der Waals surface area contributed by atoms with Crippen LogP contribution in [0.5, 0.6) is 5.75 Å². The van der Waals surface area contributed by atoms with Gasteiger partial charge in [-0.3, -0.25) is 0 Å². The molecule has 19 heavy (non-hydrogen) atoms. The van der Waals surface area contributed by atoms with Gasteiger partial charge in [0.05, 0.1) is 24.2 Å². The number of aromatic nitrogens is 3. The maximum Gasteiger partial charge on any atom is 0.178 e. The van der Waals surface area contributed by atoms with Crippen molar-refractivity contribution in [2.24, 2.45) is 0 Å². The molecule has 0 aliphatic heterocycles. The van der Waals surface area contributed by atoms with Crippen LogP contribution in [0.15, 0.2) is 29.8 Å². The predicted octanol–water partition coefficient (Wildman–Crippen LogP) is 3.77. The summed E-state index contributed by atoms with van der Waals surface area (Å²) in [6, 6.07) is 6.03. The third-order valence-electron chi connectivity index (χ3n) is 3.12. The van der Waals surface area contributed by atoms with Gasteiger partial charge in [0.2, 0.25) is 0 Å². The Morgan fingerprint density at radius 3 is 3.00 bits per heavy atom. The molecule has 1 unspecified atom stereocenters. The molecular formula is C13H13N3OS2. The Hall–Kier alpha value is -1.66. The lowest BCUT2D eigenvalue weighted by molar-refractivity contribution is 0.415. The van der Waals surface area contributed by atoms with E-state index in [1.54, 1.807) is 18.4 Å². The molecule has 0 aliphatic rings. The smallest absolute Gasteiger partial charge is 0.178 e. The molecule has 4 nitrogen and oxygen atoms in total. The quantitative estimate of drug-likeness (QED) is 0.747. The van der Waals surface area contributed by atoms with Gasteiger partial charge in [0.15, 0.2) is 4.77 Å². The molecule has 1 atom stereocenters. The van der Waals surface area contributed by atoms with Crippen molar-refractivity contribution in [3.05, 3.63) is 39.6 Å². The third-order valence-corrected chi connectivity index (χ3v) is 4.36. The van der Waals surface area contributed by atoms with E-state index < -0.39 is 0 Å². The fraction of sp³-hybridized carbons (Fsp3) is 0.231. The standard InChI is InChI=1S/C13H13N3OS2/c1-8(12-14-5-6-19-12)16-11-4-3-9(17-2)7-10(11)15-13(16)18/h3-8H,1-2H3,(H,15,18). The van der Waals surface area contributed by atoms with Crippen LogP contribution < -0.4 is 4.74 Å². The highest BCUT2D eigenvalue weighted by Crippen LogP contribution is 2.27. The highest BCUT2D eigenvalue weighted by Gasteiger charge is 2.15. The predicted molar refractivity (Wildman–Crippen MR) is 79.6 cm³/mol. The summed E-state index contributed by atoms with van der Waals surface area (Å²) in [5.74, 6) is 0.817. The summed E-state index contributed by atoms with van der Waals surface area (Å²) in [5.41, 5.74) is 2.04. The fourth-order valence-electron chi connectivity index (χ4n) is 2.17. The normalized spacial score (nSPS) is 12.7. The molecule has 0 spiro atoms. The van der Waals surface area contributed by atoms with E-state index in [1.165, 1.54) is 0 Å². The van der Waals surface area contributed by atoms with Gasteiger partial charge in [-0.1, -0.05) is 0 Å². The van der Waals surface area contributed by atoms with Crippen molar-refractivity contribution >= 4 is 34.6 Å². The van der Waals surface area contributed by atoms with Crippen LogP contribution in [0.1, 0.15) is 18.0 Å². The van der Waals surface area contributed by atoms with E-state index in [9.17, 15) is 0 Å². The summed E-state index contributed by atoms with van der Waals surface area (Å²) in [7, 11) is 1.66. The van der Waals surface area contributed by atoms with E-state index in [0.29, 0.717) is 4.77 Å². The number of rotatable bonds is 3. The number of imidazole rings is 1. The maximum absolute atomic E-state index is 5.43. The van der Waals surface area contributed by atoms with Gasteiger partial charge in [-0.25, -0.2) is 4.98 Å². The summed E-state index contributed by atoms with van der Waals surface area (Å²) in [5, 5.41) is 3.03. The van der Waals surface area contributed by atoms with Gasteiger partial charge in [-0.05, 0) is 31.3 Å². The number of H-pyrrole nitrogens is 1. The van der Waals surface area contributed by atoms with E-state index in [-0.39, 0.29) is 6.04 Å². The fourth-order valence-corrected chi connectivity index (χ4v) is 3.22. The zero-order valence-electron chi connectivity index (χ0n) is 10.6. The molecule has 6 heteroatoms. The Kier molecular flexibility index (Phi) is 3.12. The zero-order valence-corrected chi connectivity index (χ0v) is 12.2. The topological polar surface area (TPSA) is 42.8 Å². The molecule has 0 amide bonds. The molecule has 1 N–H and O–H groups in total. The first-order valence-corrected chi connectivity index (χ1v) is 7.17. The van der Waals surface area contributed by atoms with Crippen LogP contribution >= 0.6 is 23.6 Å². The Bertz CT molecular complexity index is 758. The molecule has 0 bridgehead atoms. The van der Waals surface area contributed by atoms with Gasteiger partial charge in [0, 0.05) is 17.6 Å². The Morgan fingerprint density at radius 2 is 2.32 bits per heavy atom. The number of nitrogens with one attached hydrogen (secondary N) is 1. The molecule has 3 rings (SSSR count). The molecule has 1 aromatic carbocycles. The molecule has 0 saturated heterocycles. The van der Waals surface area contributed by atoms with Crippen LogP contribution in [0.2, 0.25) is 0 Å². The number of hydrogen-bond acceptors (Lipinski definition) is 4. The monoisotopic (exact) mass is 291 g/mol. The Labute approximate surface area is 119 Å². The van der Waals surface area contributed by atoms with Gasteiger partial charge in [-0.2, -0.15) is 0 Å². The second-order valence-electron chi connectivity index (χ2n) is 4.23. The second-order valence-corrected chi connectivity index (χ2v) is 5.54. The van der Waals surface area contributed by atoms with Crippen LogP contribution in [0, 0.1) is 4.77 Å². The third kappa shape index (κ3) is 2.06. The van der Waals surface area contributed by atoms with E-state index in [2.05, 4.69) is 21.5 Å². The molecule has 2 aromatic heterocycles. The zero-order chi connectivity index (χ0) is 13.4. The lowest BCUT2D eigenvalue weighted by Gasteiger charge is -2.11. The molecular weight excluding hydrogens is 278 g/mol. The summed E-state index contributed by atoms with van der Waals surface area (Å²) >= 11 is 7.06. The number of hydrogen-bond donors (Lipinski definition) is 1. The van der Waals surface area contributed by atoms with E-state index in [0.717, 1.165) is 21.8 Å². The minimum atomic E-state index is 0.120. The minimum Gasteiger partial charge on any atom is -0.497 e. The largest absolute Gasteiger partial charge is 0.497 e. The average molecular weight is 291 g/mol. The number of aromatic amines is 1. The molecule has 0 radical (unpaired) electrons. The summed E-state index contributed by atoms with van der Waals surface area (Å²) in [6.07, 6.45) is 1.82. The summed E-state index contributed by atoms with van der Waals surface area (Å²) in [6.45, 7) is 2.10. The summed E-state index contributed by atoms with van der Waals surface area (Å²) in [4.78, 5) is 7.59. The first-order chi connectivity index (χ1) is 9.20. The number of thiazole rings is 1. The second kappa shape index (κ2) is 4.79. The van der Waals surface area contributed by atoms with E-state index >= 15 is 0 Å². The van der Waals surface area contributed by atoms with Gasteiger partial charge < -0.3 is 14.3 Å². The van der Waals surface area contributed by atoms with E-state index in [1.807, 2.05) is 29.8 Å². The van der Waals surface area contributed by atoms with Crippen LogP contribution in [0.25, 0.3) is 11.0 Å².